The molecule has 0 aromatic heterocycles. The lowest BCUT2D eigenvalue weighted by Crippen LogP contribution is -2.16. The number of hydrogen-bond acceptors (Lipinski definition) is 1. The molecule has 0 rings (SSSR count). The van der Waals surface area contributed by atoms with E-state index in [9.17, 15) is 4.79 Å². The summed E-state index contributed by atoms with van der Waals surface area (Å²) in [6.45, 7) is 8.91. The number of ketones is 1. The molecule has 50 valence electrons. The van der Waals surface area contributed by atoms with Crippen LogP contribution in [0, 0.1) is 5.41 Å². The van der Waals surface area contributed by atoms with Gasteiger partial charge in [-0.3, -0.25) is 4.79 Å². The Hall–Kier alpha value is -0.810. The van der Waals surface area contributed by atoms with E-state index in [1.807, 2.05) is 20.8 Å². The minimum absolute atomic E-state index is 0.0671. The van der Waals surface area contributed by atoms with Crippen molar-refractivity contribution in [3.63, 3.8) is 0 Å². The van der Waals surface area contributed by atoms with Crippen LogP contribution in [-0.4, -0.2) is 5.78 Å². The molecule has 0 aliphatic heterocycles. The van der Waals surface area contributed by atoms with E-state index < -0.39 is 0 Å². The van der Waals surface area contributed by atoms with Gasteiger partial charge in [-0.1, -0.05) is 27.4 Å². The van der Waals surface area contributed by atoms with Crippen molar-refractivity contribution in [2.24, 2.45) is 5.41 Å². The van der Waals surface area contributed by atoms with E-state index in [0.717, 1.165) is 0 Å². The molecule has 0 bridgehead atoms. The smallest absolute Gasteiger partial charge is 0.168 e. The molecule has 9 heavy (non-hydrogen) atoms. The van der Waals surface area contributed by atoms with E-state index in [1.54, 1.807) is 0 Å². The number of rotatable bonds is 1. The van der Waals surface area contributed by atoms with Crippen molar-refractivity contribution in [1.29, 1.82) is 0 Å². The molecule has 0 aliphatic carbocycles. The maximum absolute atomic E-state index is 10.9. The number of allylic oxidation sites excluding steroid dienone is 1. The van der Waals surface area contributed by atoms with Gasteiger partial charge in [0.2, 0.25) is 0 Å². The molecule has 0 unspecified atom stereocenters. The first-order valence-corrected chi connectivity index (χ1v) is 2.89. The number of carbonyl (C=O) groups is 1. The summed E-state index contributed by atoms with van der Waals surface area (Å²) in [5.74, 6) is 0.0671. The molecule has 0 atom stereocenters. The van der Waals surface area contributed by atoms with Crippen LogP contribution in [0.1, 0.15) is 20.8 Å². The molecular formula is C8H12O. The van der Waals surface area contributed by atoms with Crippen molar-refractivity contribution in [3.05, 3.63) is 18.4 Å². The molecule has 0 aromatic carbocycles. The summed E-state index contributed by atoms with van der Waals surface area (Å²) >= 11 is 0. The lowest BCUT2D eigenvalue weighted by atomic mass is 9.91. The molecule has 1 nitrogen and oxygen atoms in total. The Morgan fingerprint density at radius 2 is 2.00 bits per heavy atom. The molecule has 0 aromatic rings. The quantitative estimate of drug-likeness (QED) is 0.385. The van der Waals surface area contributed by atoms with Gasteiger partial charge in [0.1, 0.15) is 0 Å². The van der Waals surface area contributed by atoms with Crippen molar-refractivity contribution >= 4 is 5.78 Å². The molecule has 0 N–H and O–H groups in total. The van der Waals surface area contributed by atoms with Gasteiger partial charge in [-0.2, -0.15) is 0 Å². The Balaban J connectivity index is 4.22. The third kappa shape index (κ3) is 2.89. The van der Waals surface area contributed by atoms with Gasteiger partial charge in [0, 0.05) is 11.5 Å². The van der Waals surface area contributed by atoms with E-state index in [-0.39, 0.29) is 11.2 Å². The predicted molar refractivity (Wildman–Crippen MR) is 38.2 cm³/mol. The van der Waals surface area contributed by atoms with Crippen molar-refractivity contribution in [2.75, 3.05) is 0 Å². The van der Waals surface area contributed by atoms with Crippen LogP contribution in [0.4, 0.5) is 0 Å². The molecule has 1 heteroatoms. The first-order chi connectivity index (χ1) is 3.98. The third-order valence-corrected chi connectivity index (χ3v) is 0.972. The standard InChI is InChI=1S/C8H12O/c1-5-6-7(9)8(2,3)4/h6H,1H2,2-4H3. The van der Waals surface area contributed by atoms with Crippen LogP contribution in [0.25, 0.3) is 0 Å². The molecule has 0 spiro atoms. The highest BCUT2D eigenvalue weighted by molar-refractivity contribution is 5.93. The first kappa shape index (κ1) is 8.19. The minimum Gasteiger partial charge on any atom is -0.294 e. The Morgan fingerprint density at radius 3 is 2.11 bits per heavy atom. The highest BCUT2D eigenvalue weighted by Gasteiger charge is 2.17. The van der Waals surface area contributed by atoms with Crippen LogP contribution in [-0.2, 0) is 4.79 Å². The molecule has 0 aliphatic rings. The number of carbonyl (C=O) groups excluding carboxylic acids is 1. The van der Waals surface area contributed by atoms with Gasteiger partial charge in [-0.25, -0.2) is 0 Å². The molecule has 0 saturated heterocycles. The van der Waals surface area contributed by atoms with Gasteiger partial charge >= 0.3 is 0 Å². The van der Waals surface area contributed by atoms with E-state index in [1.165, 1.54) is 6.08 Å². The zero-order valence-electron chi connectivity index (χ0n) is 6.19. The molecular weight excluding hydrogens is 112 g/mol. The van der Waals surface area contributed by atoms with Gasteiger partial charge in [-0.05, 0) is 0 Å². The van der Waals surface area contributed by atoms with Gasteiger partial charge in [0.05, 0.1) is 0 Å². The summed E-state index contributed by atoms with van der Waals surface area (Å²) in [6.07, 6.45) is 1.38. The molecule has 0 fully saturated rings. The fourth-order valence-corrected chi connectivity index (χ4v) is 0.309. The zero-order chi connectivity index (χ0) is 7.49. The van der Waals surface area contributed by atoms with E-state index in [0.29, 0.717) is 0 Å². The van der Waals surface area contributed by atoms with Gasteiger partial charge in [0.15, 0.2) is 5.78 Å². The number of hydrogen-bond donors (Lipinski definition) is 0. The lowest BCUT2D eigenvalue weighted by Gasteiger charge is -2.11. The van der Waals surface area contributed by atoms with Crippen molar-refractivity contribution in [2.45, 2.75) is 20.8 Å². The second-order valence-electron chi connectivity index (χ2n) is 2.96. The highest BCUT2D eigenvalue weighted by atomic mass is 16.1. The summed E-state index contributed by atoms with van der Waals surface area (Å²) in [5.41, 5.74) is 2.16. The van der Waals surface area contributed by atoms with Crippen molar-refractivity contribution in [3.8, 4) is 0 Å². The molecule has 0 amide bonds. The average molecular weight is 124 g/mol. The van der Waals surface area contributed by atoms with E-state index in [2.05, 4.69) is 12.3 Å². The Labute approximate surface area is 56.1 Å². The van der Waals surface area contributed by atoms with Crippen molar-refractivity contribution < 1.29 is 4.79 Å². The molecule has 0 heterocycles. The SMILES string of the molecule is C=C=CC(=O)C(C)(C)C. The fraction of sp³-hybridized carbons (Fsp3) is 0.500. The van der Waals surface area contributed by atoms with E-state index >= 15 is 0 Å². The van der Waals surface area contributed by atoms with E-state index in [4.69, 9.17) is 0 Å². The van der Waals surface area contributed by atoms with Crippen molar-refractivity contribution in [1.82, 2.24) is 0 Å². The van der Waals surface area contributed by atoms with Crippen LogP contribution in [0.5, 0.6) is 0 Å². The second-order valence-corrected chi connectivity index (χ2v) is 2.96. The van der Waals surface area contributed by atoms with Gasteiger partial charge in [0.25, 0.3) is 0 Å². The lowest BCUT2D eigenvalue weighted by molar-refractivity contribution is -0.121. The van der Waals surface area contributed by atoms with Crippen LogP contribution >= 0.6 is 0 Å². The second kappa shape index (κ2) is 2.65. The van der Waals surface area contributed by atoms with Gasteiger partial charge in [-0.15, -0.1) is 5.73 Å². The summed E-state index contributed by atoms with van der Waals surface area (Å²) < 4.78 is 0. The Kier molecular flexibility index (Phi) is 2.41. The first-order valence-electron chi connectivity index (χ1n) is 2.89. The average Bonchev–Trinajstić information content (AvgIpc) is 1.64. The topological polar surface area (TPSA) is 17.1 Å². The largest absolute Gasteiger partial charge is 0.294 e. The fourth-order valence-electron chi connectivity index (χ4n) is 0.309. The van der Waals surface area contributed by atoms with Crippen LogP contribution in [0.15, 0.2) is 18.4 Å². The molecule has 0 saturated carbocycles. The Bertz CT molecular complexity index is 154. The summed E-state index contributed by atoms with van der Waals surface area (Å²) in [6, 6.07) is 0. The third-order valence-electron chi connectivity index (χ3n) is 0.972. The minimum atomic E-state index is -0.287. The highest BCUT2D eigenvalue weighted by Crippen LogP contribution is 2.14. The zero-order valence-corrected chi connectivity index (χ0v) is 6.19. The summed E-state index contributed by atoms with van der Waals surface area (Å²) in [5, 5.41) is 0. The van der Waals surface area contributed by atoms with Crippen LogP contribution in [0.3, 0.4) is 0 Å². The summed E-state index contributed by atoms with van der Waals surface area (Å²) in [4.78, 5) is 10.9. The molecule has 0 radical (unpaired) electrons. The monoisotopic (exact) mass is 124 g/mol. The van der Waals surface area contributed by atoms with Gasteiger partial charge < -0.3 is 0 Å². The Morgan fingerprint density at radius 1 is 1.56 bits per heavy atom. The van der Waals surface area contributed by atoms with Crippen LogP contribution in [0.2, 0.25) is 0 Å². The maximum Gasteiger partial charge on any atom is 0.168 e. The normalized spacial score (nSPS) is 10.1. The predicted octanol–water partition coefficient (Wildman–Crippen LogP) is 1.94. The van der Waals surface area contributed by atoms with Crippen LogP contribution < -0.4 is 0 Å². The maximum atomic E-state index is 10.9. The summed E-state index contributed by atoms with van der Waals surface area (Å²) in [7, 11) is 0.